The number of ether oxygens (including phenoxy) is 8. The number of urea groups is 2. The van der Waals surface area contributed by atoms with Crippen LogP contribution in [-0.4, -0.2) is 175 Å². The van der Waals surface area contributed by atoms with E-state index in [1.54, 1.807) is 36.4 Å². The van der Waals surface area contributed by atoms with Gasteiger partial charge in [0, 0.05) is 106 Å². The van der Waals surface area contributed by atoms with Gasteiger partial charge in [-0.3, -0.25) is 0 Å². The second-order valence-corrected chi connectivity index (χ2v) is 22.5. The zero-order valence-electron chi connectivity index (χ0n) is 49.1. The highest BCUT2D eigenvalue weighted by molar-refractivity contribution is 6.35. The number of rotatable bonds is 32. The number of anilines is 2. The average Bonchev–Trinajstić information content (AvgIpc) is 2.09. The van der Waals surface area contributed by atoms with Crippen LogP contribution in [0.5, 0.6) is 11.8 Å². The second kappa shape index (κ2) is 34.3. The molecule has 9 rings (SSSR count). The SMILES string of the molecule is CN1Cc2c(Cl)cc(Cl)cc2[C@H](c2cccc(-c3cc(OCCOCCOCCOCCNC(=O)Nc4ccc(NC(=O)NCCOCCOCCOCCOc5cc(-c6cccc([C@@H]7CN(C)Cc8c(Cl)cc(Cl)cc87)c6)ncn5)cc4)ncn3)c2)C1. The Labute approximate surface area is 532 Å². The molecule has 0 aliphatic carbocycles. The molecule has 4 N–H and O–H groups in total. The number of hydrogen-bond acceptors (Lipinski definition) is 16. The quantitative estimate of drug-likeness (QED) is 0.0289. The summed E-state index contributed by atoms with van der Waals surface area (Å²) in [5.74, 6) is 1.12. The number of carbonyl (C=O) groups excluding carboxylic acids is 2. The van der Waals surface area contributed by atoms with E-state index in [1.807, 2.05) is 48.5 Å². The average molecular weight is 1280 g/mol. The van der Waals surface area contributed by atoms with E-state index in [2.05, 4.69) is 89.4 Å². The van der Waals surface area contributed by atoms with Gasteiger partial charge in [-0.1, -0.05) is 82.8 Å². The molecule has 4 amide bonds. The molecule has 2 aromatic heterocycles. The molecular weight excluding hydrogens is 1210 g/mol. The standard InChI is InChI=1S/C64H72Cl4N10O10/c1-77-37-53(51-31-47(65)33-57(67)55(51)39-77)43-5-3-7-45(29-43)59-35-61(73-41-71-59)87-27-25-85-23-21-83-19-17-81-15-13-69-63(79)75-49-9-11-50(12-10-49)76-64(80)70-14-16-82-18-20-84-22-24-86-26-28-88-62-36-60(72-42-74-62)46-8-4-6-44(30-46)54-38-78(2)40-56-52(54)32-48(66)34-58(56)68/h3-12,29-36,41-42,53-54H,13-28,37-40H2,1-2H3,(H2,69,75,79)(H2,70,76,80)/t53-,54-/m0/s1. The molecule has 0 radical (unpaired) electrons. The molecule has 0 unspecified atom stereocenters. The normalized spacial score (nSPS) is 14.8. The molecule has 4 heterocycles. The minimum Gasteiger partial charge on any atom is -0.475 e. The lowest BCUT2D eigenvalue weighted by Gasteiger charge is -2.33. The van der Waals surface area contributed by atoms with E-state index in [-0.39, 0.29) is 23.9 Å². The number of nitrogens with zero attached hydrogens (tertiary/aromatic N) is 6. The summed E-state index contributed by atoms with van der Waals surface area (Å²) in [7, 11) is 4.19. The van der Waals surface area contributed by atoms with Crippen LogP contribution >= 0.6 is 46.4 Å². The van der Waals surface area contributed by atoms with E-state index >= 15 is 0 Å². The summed E-state index contributed by atoms with van der Waals surface area (Å²) in [4.78, 5) is 47.0. The molecule has 0 bridgehead atoms. The number of amides is 4. The van der Waals surface area contributed by atoms with Gasteiger partial charge < -0.3 is 69.0 Å². The van der Waals surface area contributed by atoms with Crippen LogP contribution < -0.4 is 30.7 Å². The van der Waals surface area contributed by atoms with Crippen molar-refractivity contribution in [2.45, 2.75) is 24.9 Å². The molecule has 0 saturated heterocycles. The zero-order chi connectivity index (χ0) is 61.5. The lowest BCUT2D eigenvalue weighted by Crippen LogP contribution is -2.32. The third kappa shape index (κ3) is 20.1. The van der Waals surface area contributed by atoms with E-state index in [4.69, 9.17) is 84.3 Å². The van der Waals surface area contributed by atoms with E-state index < -0.39 is 0 Å². The van der Waals surface area contributed by atoms with Gasteiger partial charge in [-0.05, 0) is 108 Å². The van der Waals surface area contributed by atoms with Crippen molar-refractivity contribution < 1.29 is 47.5 Å². The maximum atomic E-state index is 12.4. The number of fused-ring (bicyclic) bond motifs is 2. The first kappa shape index (κ1) is 65.7. The molecule has 2 aliphatic rings. The highest BCUT2D eigenvalue weighted by atomic mass is 35.5. The molecule has 2 aliphatic heterocycles. The van der Waals surface area contributed by atoms with Gasteiger partial charge >= 0.3 is 12.1 Å². The summed E-state index contributed by atoms with van der Waals surface area (Å²) in [6, 6.07) is 33.9. The number of likely N-dealkylation sites (N-methyl/N-ethyl adjacent to an activating group) is 2. The molecule has 0 saturated carbocycles. The van der Waals surface area contributed by atoms with Crippen molar-refractivity contribution in [1.29, 1.82) is 0 Å². The first-order valence-corrected chi connectivity index (χ1v) is 30.5. The summed E-state index contributed by atoms with van der Waals surface area (Å²) in [6.45, 7) is 8.77. The fraction of sp³-hybridized carbons (Fsp3) is 0.375. The third-order valence-corrected chi connectivity index (χ3v) is 15.5. The third-order valence-electron chi connectivity index (χ3n) is 14.3. The van der Waals surface area contributed by atoms with Crippen LogP contribution in [0, 0.1) is 0 Å². The maximum absolute atomic E-state index is 12.4. The lowest BCUT2D eigenvalue weighted by atomic mass is 9.84. The molecule has 5 aromatic carbocycles. The number of halogens is 4. The van der Waals surface area contributed by atoms with Crippen molar-refractivity contribution in [2.75, 3.05) is 143 Å². The molecule has 0 spiro atoms. The van der Waals surface area contributed by atoms with Crippen LogP contribution in [0.2, 0.25) is 20.1 Å². The Morgan fingerprint density at radius 3 is 1.24 bits per heavy atom. The van der Waals surface area contributed by atoms with Gasteiger partial charge in [0.05, 0.1) is 90.7 Å². The van der Waals surface area contributed by atoms with Gasteiger partial charge in [0.15, 0.2) is 0 Å². The lowest BCUT2D eigenvalue weighted by molar-refractivity contribution is 0.00985. The van der Waals surface area contributed by atoms with Crippen molar-refractivity contribution in [1.82, 2.24) is 40.4 Å². The number of nitrogens with one attached hydrogen (secondary N) is 4. The number of carbonyl (C=O) groups is 2. The first-order chi connectivity index (χ1) is 42.9. The topological polar surface area (TPSA) is 214 Å². The minimum atomic E-state index is -0.389. The van der Waals surface area contributed by atoms with Crippen molar-refractivity contribution in [3.05, 3.63) is 175 Å². The van der Waals surface area contributed by atoms with Crippen LogP contribution in [-0.2, 0) is 41.5 Å². The molecule has 2 atom stereocenters. The summed E-state index contributed by atoms with van der Waals surface area (Å²) < 4.78 is 45.5. The minimum absolute atomic E-state index is 0.107. The molecular formula is C64H72Cl4N10O10. The Bertz CT molecular complexity index is 3170. The van der Waals surface area contributed by atoms with E-state index in [1.165, 1.54) is 12.7 Å². The summed E-state index contributed by atoms with van der Waals surface area (Å²) in [5, 5.41) is 13.6. The predicted molar refractivity (Wildman–Crippen MR) is 341 cm³/mol. The summed E-state index contributed by atoms with van der Waals surface area (Å²) in [6.07, 6.45) is 2.99. The van der Waals surface area contributed by atoms with Gasteiger partial charge in [-0.2, -0.15) is 0 Å². The smallest absolute Gasteiger partial charge is 0.319 e. The van der Waals surface area contributed by atoms with Crippen LogP contribution in [0.15, 0.2) is 122 Å². The Morgan fingerprint density at radius 2 is 0.841 bits per heavy atom. The molecule has 20 nitrogen and oxygen atoms in total. The van der Waals surface area contributed by atoms with Gasteiger partial charge in [-0.15, -0.1) is 0 Å². The highest BCUT2D eigenvalue weighted by Gasteiger charge is 2.29. The second-order valence-electron chi connectivity index (χ2n) is 20.9. The molecule has 0 fully saturated rings. The molecule has 88 heavy (non-hydrogen) atoms. The van der Waals surface area contributed by atoms with Crippen LogP contribution in [0.1, 0.15) is 45.2 Å². The Hall–Kier alpha value is -6.76. The monoisotopic (exact) mass is 1280 g/mol. The summed E-state index contributed by atoms with van der Waals surface area (Å²) in [5.41, 5.74) is 11.3. The predicted octanol–water partition coefficient (Wildman–Crippen LogP) is 10.9. The number of hydrogen-bond donors (Lipinski definition) is 4. The van der Waals surface area contributed by atoms with E-state index in [9.17, 15) is 9.59 Å². The van der Waals surface area contributed by atoms with Gasteiger partial charge in [0.2, 0.25) is 11.8 Å². The molecule has 7 aromatic rings. The largest absolute Gasteiger partial charge is 0.475 e. The maximum Gasteiger partial charge on any atom is 0.319 e. The number of benzene rings is 5. The fourth-order valence-electron chi connectivity index (χ4n) is 10.2. The van der Waals surface area contributed by atoms with Crippen molar-refractivity contribution in [2.24, 2.45) is 0 Å². The van der Waals surface area contributed by atoms with Gasteiger partial charge in [0.1, 0.15) is 25.9 Å². The van der Waals surface area contributed by atoms with E-state index in [0.717, 1.165) is 82.1 Å². The first-order valence-electron chi connectivity index (χ1n) is 29.0. The van der Waals surface area contributed by atoms with Gasteiger partial charge in [0.25, 0.3) is 0 Å². The van der Waals surface area contributed by atoms with E-state index in [0.29, 0.717) is 149 Å². The van der Waals surface area contributed by atoms with Crippen LogP contribution in [0.3, 0.4) is 0 Å². The zero-order valence-corrected chi connectivity index (χ0v) is 52.1. The van der Waals surface area contributed by atoms with Crippen LogP contribution in [0.25, 0.3) is 22.5 Å². The van der Waals surface area contributed by atoms with Crippen molar-refractivity contribution >= 4 is 69.8 Å². The Balaban J connectivity index is 0.535. The highest BCUT2D eigenvalue weighted by Crippen LogP contribution is 2.41. The number of aromatic nitrogens is 4. The molecule has 24 heteroatoms. The molecule has 466 valence electrons. The van der Waals surface area contributed by atoms with Crippen molar-refractivity contribution in [3.63, 3.8) is 0 Å². The summed E-state index contributed by atoms with van der Waals surface area (Å²) >= 11 is 26.1. The van der Waals surface area contributed by atoms with Crippen molar-refractivity contribution in [3.8, 4) is 34.3 Å². The van der Waals surface area contributed by atoms with Crippen LogP contribution in [0.4, 0.5) is 21.0 Å². The van der Waals surface area contributed by atoms with Gasteiger partial charge in [-0.25, -0.2) is 29.5 Å². The fourth-order valence-corrected chi connectivity index (χ4v) is 11.3. The Kier molecular flexibility index (Phi) is 25.6. The Morgan fingerprint density at radius 1 is 0.466 bits per heavy atom.